The molecule has 0 aliphatic rings. The highest BCUT2D eigenvalue weighted by atomic mass is 14.2. The summed E-state index contributed by atoms with van der Waals surface area (Å²) in [5.74, 6) is 0. The summed E-state index contributed by atoms with van der Waals surface area (Å²) < 4.78 is 0. The molecule has 0 aromatic heterocycles. The van der Waals surface area contributed by atoms with Gasteiger partial charge in [-0.1, -0.05) is 237 Å². The van der Waals surface area contributed by atoms with E-state index in [-0.39, 0.29) is 0 Å². The van der Waals surface area contributed by atoms with Crippen molar-refractivity contribution in [2.24, 2.45) is 0 Å². The van der Waals surface area contributed by atoms with E-state index < -0.39 is 0 Å². The van der Waals surface area contributed by atoms with Crippen LogP contribution in [0.1, 0.15) is 0 Å². The first-order valence-electron chi connectivity index (χ1n) is 22.2. The van der Waals surface area contributed by atoms with E-state index in [1.807, 2.05) is 0 Å². The molecule has 0 saturated heterocycles. The van der Waals surface area contributed by atoms with Gasteiger partial charge in [-0.2, -0.15) is 0 Å². The monoisotopic (exact) mass is 810 g/mol. The quantitative estimate of drug-likeness (QED) is 0.134. The first kappa shape index (κ1) is 37.4. The Balaban J connectivity index is 1.17. The minimum Gasteiger partial charge on any atom is -0.0622 e. The third-order valence-corrected chi connectivity index (χ3v) is 13.1. The highest BCUT2D eigenvalue weighted by Crippen LogP contribution is 2.49. The Morgan fingerprint density at radius 1 is 0.156 bits per heavy atom. The van der Waals surface area contributed by atoms with Crippen molar-refractivity contribution in [1.29, 1.82) is 0 Å². The second-order valence-electron chi connectivity index (χ2n) is 16.8. The highest BCUT2D eigenvalue weighted by molar-refractivity contribution is 6.30. The molecule has 298 valence electrons. The maximum absolute atomic E-state index is 2.47. The minimum absolute atomic E-state index is 1.20. The average Bonchev–Trinajstić information content (AvgIpc) is 3.39. The lowest BCUT2D eigenvalue weighted by Gasteiger charge is -2.22. The van der Waals surface area contributed by atoms with E-state index in [1.165, 1.54) is 121 Å². The molecule has 0 spiro atoms. The smallest absolute Gasteiger partial charge is 0.00141 e. The number of benzene rings is 12. The van der Waals surface area contributed by atoms with Gasteiger partial charge < -0.3 is 0 Å². The Morgan fingerprint density at radius 2 is 0.484 bits per heavy atom. The normalized spacial score (nSPS) is 11.4. The van der Waals surface area contributed by atoms with Gasteiger partial charge in [0, 0.05) is 0 Å². The third kappa shape index (κ3) is 6.56. The van der Waals surface area contributed by atoms with E-state index in [1.54, 1.807) is 0 Å². The number of rotatable bonds is 8. The van der Waals surface area contributed by atoms with E-state index in [9.17, 15) is 0 Å². The maximum atomic E-state index is 2.47. The highest BCUT2D eigenvalue weighted by Gasteiger charge is 2.22. The van der Waals surface area contributed by atoms with Gasteiger partial charge in [0.15, 0.2) is 0 Å². The van der Waals surface area contributed by atoms with E-state index in [0.29, 0.717) is 0 Å². The molecule has 0 aliphatic heterocycles. The van der Waals surface area contributed by atoms with Gasteiger partial charge in [0.1, 0.15) is 0 Å². The zero-order valence-corrected chi connectivity index (χ0v) is 35.2. The lowest BCUT2D eigenvalue weighted by atomic mass is 9.81. The Bertz CT molecular complexity index is 3590. The van der Waals surface area contributed by atoms with Crippen LogP contribution in [0, 0.1) is 0 Å². The summed E-state index contributed by atoms with van der Waals surface area (Å²) in [7, 11) is 0. The van der Waals surface area contributed by atoms with Crippen LogP contribution in [0.2, 0.25) is 0 Å². The summed E-state index contributed by atoms with van der Waals surface area (Å²) in [5, 5.41) is 7.58. The molecule has 0 radical (unpaired) electrons. The molecule has 12 aromatic rings. The summed E-state index contributed by atoms with van der Waals surface area (Å²) in [6, 6.07) is 93.7. The first-order valence-corrected chi connectivity index (χ1v) is 22.2. The fourth-order valence-corrected chi connectivity index (χ4v) is 9.96. The summed E-state index contributed by atoms with van der Waals surface area (Å²) in [6.45, 7) is 0. The molecule has 0 N–H and O–H groups in total. The van der Waals surface area contributed by atoms with Crippen LogP contribution in [0.25, 0.3) is 121 Å². The van der Waals surface area contributed by atoms with Gasteiger partial charge in [-0.3, -0.25) is 0 Å². The van der Waals surface area contributed by atoms with E-state index >= 15 is 0 Å². The van der Waals surface area contributed by atoms with E-state index in [2.05, 4.69) is 255 Å². The van der Waals surface area contributed by atoms with E-state index in [0.717, 1.165) is 0 Å². The zero-order valence-electron chi connectivity index (χ0n) is 35.2. The molecular weight excluding hydrogens is 769 g/mol. The molecule has 0 fully saturated rings. The molecule has 0 amide bonds. The maximum Gasteiger partial charge on any atom is -0.00141 e. The van der Waals surface area contributed by atoms with Crippen LogP contribution in [-0.4, -0.2) is 0 Å². The van der Waals surface area contributed by atoms with Crippen molar-refractivity contribution in [3.63, 3.8) is 0 Å². The predicted octanol–water partition coefficient (Wildman–Crippen LogP) is 17.9. The average molecular weight is 811 g/mol. The molecule has 12 rings (SSSR count). The molecular formula is C64H42. The second-order valence-corrected chi connectivity index (χ2v) is 16.8. The van der Waals surface area contributed by atoms with Gasteiger partial charge in [-0.25, -0.2) is 0 Å². The lowest BCUT2D eigenvalue weighted by Crippen LogP contribution is -1.95. The molecule has 0 aliphatic carbocycles. The van der Waals surface area contributed by atoms with Gasteiger partial charge in [0.05, 0.1) is 0 Å². The van der Waals surface area contributed by atoms with Crippen LogP contribution in [0.4, 0.5) is 0 Å². The van der Waals surface area contributed by atoms with Crippen LogP contribution in [0.15, 0.2) is 255 Å². The molecule has 64 heavy (non-hydrogen) atoms. The van der Waals surface area contributed by atoms with Crippen molar-refractivity contribution in [1.82, 2.24) is 0 Å². The topological polar surface area (TPSA) is 0 Å². The molecule has 0 nitrogen and oxygen atoms in total. The van der Waals surface area contributed by atoms with Crippen molar-refractivity contribution in [2.45, 2.75) is 0 Å². The standard InChI is InChI=1S/C64H42/c1-6-16-43(17-7-1)46-26-28-49(29-27-46)59-42-62(61-41-52(45-20-10-3-11-21-45)33-35-54(61)48-24-14-5-15-25-48)58-37-31-50-30-36-55(56-38-39-57(59)64(58)63(50)56)60-40-51(44-18-8-2-9-19-44)32-34-53(60)47-22-12-4-13-23-47/h1-42H. The minimum atomic E-state index is 1.20. The van der Waals surface area contributed by atoms with Crippen molar-refractivity contribution in [3.8, 4) is 89.0 Å². The molecule has 0 heterocycles. The zero-order chi connectivity index (χ0) is 42.4. The van der Waals surface area contributed by atoms with Gasteiger partial charge in [0.2, 0.25) is 0 Å². The summed E-state index contributed by atoms with van der Waals surface area (Å²) in [6.07, 6.45) is 0. The second kappa shape index (κ2) is 15.9. The van der Waals surface area contributed by atoms with Gasteiger partial charge in [-0.05, 0) is 140 Å². The van der Waals surface area contributed by atoms with Crippen LogP contribution in [0.5, 0.6) is 0 Å². The molecule has 0 heteroatoms. The number of hydrogen-bond donors (Lipinski definition) is 0. The molecule has 0 atom stereocenters. The lowest BCUT2D eigenvalue weighted by molar-refractivity contribution is 1.57. The fourth-order valence-electron chi connectivity index (χ4n) is 9.96. The third-order valence-electron chi connectivity index (χ3n) is 13.1. The van der Waals surface area contributed by atoms with Crippen molar-refractivity contribution in [2.75, 3.05) is 0 Å². The summed E-state index contributed by atoms with van der Waals surface area (Å²) in [4.78, 5) is 0. The molecule has 0 unspecified atom stereocenters. The Labute approximate surface area is 374 Å². The van der Waals surface area contributed by atoms with Gasteiger partial charge in [0.25, 0.3) is 0 Å². The Kier molecular flexibility index (Phi) is 9.28. The largest absolute Gasteiger partial charge is 0.0622 e. The Morgan fingerprint density at radius 3 is 1.00 bits per heavy atom. The van der Waals surface area contributed by atoms with Crippen LogP contribution in [-0.2, 0) is 0 Å². The van der Waals surface area contributed by atoms with Crippen molar-refractivity contribution in [3.05, 3.63) is 255 Å². The van der Waals surface area contributed by atoms with Crippen LogP contribution in [0.3, 0.4) is 0 Å². The number of hydrogen-bond acceptors (Lipinski definition) is 0. The van der Waals surface area contributed by atoms with Crippen molar-refractivity contribution >= 4 is 32.3 Å². The van der Waals surface area contributed by atoms with Crippen molar-refractivity contribution < 1.29 is 0 Å². The fraction of sp³-hybridized carbons (Fsp3) is 0. The molecule has 0 bridgehead atoms. The molecule has 0 saturated carbocycles. The first-order chi connectivity index (χ1) is 31.7. The van der Waals surface area contributed by atoms with Gasteiger partial charge >= 0.3 is 0 Å². The Hall–Kier alpha value is -8.32. The van der Waals surface area contributed by atoms with E-state index in [4.69, 9.17) is 0 Å². The van der Waals surface area contributed by atoms with Crippen LogP contribution >= 0.6 is 0 Å². The van der Waals surface area contributed by atoms with Crippen LogP contribution < -0.4 is 0 Å². The van der Waals surface area contributed by atoms with Gasteiger partial charge in [-0.15, -0.1) is 0 Å². The molecule has 12 aromatic carbocycles. The summed E-state index contributed by atoms with van der Waals surface area (Å²) >= 11 is 0. The summed E-state index contributed by atoms with van der Waals surface area (Å²) in [5.41, 5.74) is 19.4. The SMILES string of the molecule is c1ccc(-c2ccc(-c3cc(-c4cc(-c5ccccc5)ccc4-c4ccccc4)c4ccc5ccc(-c6cc(-c7ccccc7)ccc6-c6ccccc6)c6ccc3c4c56)cc2)cc1. The predicted molar refractivity (Wildman–Crippen MR) is 274 cm³/mol.